The topological polar surface area (TPSA) is 84.2 Å². The Morgan fingerprint density at radius 1 is 1.14 bits per heavy atom. The number of nitrogens with zero attached hydrogens (tertiary/aromatic N) is 1. The van der Waals surface area contributed by atoms with Crippen LogP contribution in [0.2, 0.25) is 0 Å². The maximum atomic E-state index is 12.1. The summed E-state index contributed by atoms with van der Waals surface area (Å²) in [7, 11) is 0. The Morgan fingerprint density at radius 3 is 2.50 bits per heavy atom. The van der Waals surface area contributed by atoms with Crippen molar-refractivity contribution in [3.63, 3.8) is 0 Å². The summed E-state index contributed by atoms with van der Waals surface area (Å²) in [5.41, 5.74) is 1.83. The van der Waals surface area contributed by atoms with Crippen molar-refractivity contribution in [1.82, 2.24) is 5.16 Å². The molecule has 2 atom stereocenters. The molecule has 2 unspecified atom stereocenters. The van der Waals surface area contributed by atoms with Gasteiger partial charge in [-0.3, -0.25) is 9.59 Å². The van der Waals surface area contributed by atoms with Crippen LogP contribution < -0.4 is 10.6 Å². The highest BCUT2D eigenvalue weighted by Crippen LogP contribution is 2.40. The predicted octanol–water partition coefficient (Wildman–Crippen LogP) is 2.50. The minimum absolute atomic E-state index is 0.123. The van der Waals surface area contributed by atoms with E-state index in [2.05, 4.69) is 15.8 Å². The number of hydrogen-bond acceptors (Lipinski definition) is 4. The molecular formula is C16H17N3O3. The van der Waals surface area contributed by atoms with E-state index in [4.69, 9.17) is 4.52 Å². The zero-order valence-corrected chi connectivity index (χ0v) is 12.4. The summed E-state index contributed by atoms with van der Waals surface area (Å²) in [5.74, 6) is 0.0992. The molecule has 6 heteroatoms. The van der Waals surface area contributed by atoms with E-state index < -0.39 is 0 Å². The number of carbonyl (C=O) groups excluding carboxylic acids is 2. The van der Waals surface area contributed by atoms with Gasteiger partial charge in [0.25, 0.3) is 0 Å². The van der Waals surface area contributed by atoms with Crippen molar-refractivity contribution >= 4 is 23.3 Å². The SMILES string of the molecule is Cc1cccc(NC(=O)C2CC2C(=O)Nc2cc(C)on2)c1. The Balaban J connectivity index is 1.55. The summed E-state index contributed by atoms with van der Waals surface area (Å²) in [6, 6.07) is 9.22. The largest absolute Gasteiger partial charge is 0.360 e. The molecule has 1 saturated carbocycles. The Morgan fingerprint density at radius 2 is 1.86 bits per heavy atom. The average Bonchev–Trinajstić information content (AvgIpc) is 3.17. The molecule has 0 radical (unpaired) electrons. The first-order valence-electron chi connectivity index (χ1n) is 7.14. The van der Waals surface area contributed by atoms with Crippen LogP contribution in [0.4, 0.5) is 11.5 Å². The van der Waals surface area contributed by atoms with Gasteiger partial charge in [0.15, 0.2) is 5.82 Å². The first-order valence-corrected chi connectivity index (χ1v) is 7.14. The molecule has 0 saturated heterocycles. The van der Waals surface area contributed by atoms with Gasteiger partial charge < -0.3 is 15.2 Å². The fourth-order valence-corrected chi connectivity index (χ4v) is 2.38. The highest BCUT2D eigenvalue weighted by atomic mass is 16.5. The number of hydrogen-bond donors (Lipinski definition) is 2. The fraction of sp³-hybridized carbons (Fsp3) is 0.312. The van der Waals surface area contributed by atoms with Gasteiger partial charge in [-0.1, -0.05) is 17.3 Å². The van der Waals surface area contributed by atoms with Crippen molar-refractivity contribution in [2.45, 2.75) is 20.3 Å². The molecule has 6 nitrogen and oxygen atoms in total. The number of aryl methyl sites for hydroxylation is 2. The van der Waals surface area contributed by atoms with Crippen molar-refractivity contribution in [1.29, 1.82) is 0 Å². The number of aromatic nitrogens is 1. The minimum atomic E-state index is -0.304. The molecule has 1 aliphatic rings. The van der Waals surface area contributed by atoms with Crippen molar-refractivity contribution in [3.8, 4) is 0 Å². The second-order valence-electron chi connectivity index (χ2n) is 5.62. The molecular weight excluding hydrogens is 282 g/mol. The second kappa shape index (κ2) is 5.63. The van der Waals surface area contributed by atoms with Crippen LogP contribution in [0.5, 0.6) is 0 Å². The van der Waals surface area contributed by atoms with E-state index in [0.717, 1.165) is 11.3 Å². The summed E-state index contributed by atoms with van der Waals surface area (Å²) in [6.45, 7) is 3.71. The molecule has 0 spiro atoms. The quantitative estimate of drug-likeness (QED) is 0.908. The molecule has 1 heterocycles. The van der Waals surface area contributed by atoms with E-state index in [1.54, 1.807) is 13.0 Å². The van der Waals surface area contributed by atoms with E-state index in [0.29, 0.717) is 18.0 Å². The number of anilines is 2. The van der Waals surface area contributed by atoms with E-state index in [-0.39, 0.29) is 23.7 Å². The van der Waals surface area contributed by atoms with Crippen LogP contribution in [0, 0.1) is 25.7 Å². The molecule has 0 aliphatic heterocycles. The van der Waals surface area contributed by atoms with E-state index in [1.807, 2.05) is 31.2 Å². The number of carbonyl (C=O) groups is 2. The maximum Gasteiger partial charge on any atom is 0.229 e. The zero-order chi connectivity index (χ0) is 15.7. The summed E-state index contributed by atoms with van der Waals surface area (Å²) < 4.78 is 4.89. The van der Waals surface area contributed by atoms with Gasteiger partial charge in [0.05, 0.1) is 11.8 Å². The van der Waals surface area contributed by atoms with Gasteiger partial charge in [-0.25, -0.2) is 0 Å². The van der Waals surface area contributed by atoms with Gasteiger partial charge in [0.1, 0.15) is 5.76 Å². The Labute approximate surface area is 127 Å². The van der Waals surface area contributed by atoms with E-state index >= 15 is 0 Å². The van der Waals surface area contributed by atoms with Crippen molar-refractivity contribution < 1.29 is 14.1 Å². The van der Waals surface area contributed by atoms with Gasteiger partial charge in [-0.05, 0) is 38.0 Å². The normalized spacial score (nSPS) is 19.5. The standard InChI is InChI=1S/C16H17N3O3/c1-9-4-3-5-11(6-9)17-15(20)12-8-13(12)16(21)18-14-7-10(2)22-19-14/h3-7,12-13H,8H2,1-2H3,(H,17,20)(H,18,19,21). The third-order valence-corrected chi connectivity index (χ3v) is 3.63. The molecule has 1 aliphatic carbocycles. The summed E-state index contributed by atoms with van der Waals surface area (Å²) >= 11 is 0. The monoisotopic (exact) mass is 299 g/mol. The first-order chi connectivity index (χ1) is 10.5. The van der Waals surface area contributed by atoms with E-state index in [9.17, 15) is 9.59 Å². The summed E-state index contributed by atoms with van der Waals surface area (Å²) in [5, 5.41) is 9.21. The van der Waals surface area contributed by atoms with Crippen LogP contribution in [0.3, 0.4) is 0 Å². The molecule has 22 heavy (non-hydrogen) atoms. The van der Waals surface area contributed by atoms with Gasteiger partial charge in [-0.15, -0.1) is 0 Å². The molecule has 2 amide bonds. The van der Waals surface area contributed by atoms with Crippen LogP contribution in [0.1, 0.15) is 17.7 Å². The lowest BCUT2D eigenvalue weighted by Crippen LogP contribution is -2.20. The Kier molecular flexibility index (Phi) is 3.66. The third-order valence-electron chi connectivity index (χ3n) is 3.63. The van der Waals surface area contributed by atoms with Crippen molar-refractivity contribution in [2.75, 3.05) is 10.6 Å². The number of rotatable bonds is 4. The third kappa shape index (κ3) is 3.16. The number of nitrogens with one attached hydrogen (secondary N) is 2. The lowest BCUT2D eigenvalue weighted by Gasteiger charge is -2.05. The molecule has 3 rings (SSSR count). The highest BCUT2D eigenvalue weighted by molar-refractivity contribution is 6.02. The number of amides is 2. The molecule has 114 valence electrons. The van der Waals surface area contributed by atoms with Crippen molar-refractivity contribution in [2.24, 2.45) is 11.8 Å². The molecule has 0 bridgehead atoms. The maximum absolute atomic E-state index is 12.1. The van der Waals surface area contributed by atoms with Crippen LogP contribution in [0.15, 0.2) is 34.9 Å². The molecule has 2 aromatic rings. The van der Waals surface area contributed by atoms with Gasteiger partial charge in [0.2, 0.25) is 11.8 Å². The predicted molar refractivity (Wildman–Crippen MR) is 81.3 cm³/mol. The van der Waals surface area contributed by atoms with Gasteiger partial charge >= 0.3 is 0 Å². The van der Waals surface area contributed by atoms with Crippen LogP contribution in [-0.2, 0) is 9.59 Å². The smallest absolute Gasteiger partial charge is 0.229 e. The van der Waals surface area contributed by atoms with Crippen molar-refractivity contribution in [3.05, 3.63) is 41.7 Å². The van der Waals surface area contributed by atoms with Crippen LogP contribution in [-0.4, -0.2) is 17.0 Å². The Bertz CT molecular complexity index is 723. The summed E-state index contributed by atoms with van der Waals surface area (Å²) in [6.07, 6.45) is 0.556. The lowest BCUT2D eigenvalue weighted by atomic mass is 10.2. The van der Waals surface area contributed by atoms with Gasteiger partial charge in [0, 0.05) is 11.8 Å². The number of benzene rings is 1. The molecule has 1 fully saturated rings. The van der Waals surface area contributed by atoms with Crippen LogP contribution >= 0.6 is 0 Å². The summed E-state index contributed by atoms with van der Waals surface area (Å²) in [4.78, 5) is 24.2. The zero-order valence-electron chi connectivity index (χ0n) is 12.4. The molecule has 2 N–H and O–H groups in total. The van der Waals surface area contributed by atoms with E-state index in [1.165, 1.54) is 0 Å². The highest BCUT2D eigenvalue weighted by Gasteiger charge is 2.48. The second-order valence-corrected chi connectivity index (χ2v) is 5.62. The Hall–Kier alpha value is -2.63. The first kappa shape index (κ1) is 14.3. The lowest BCUT2D eigenvalue weighted by molar-refractivity contribution is -0.122. The van der Waals surface area contributed by atoms with Crippen LogP contribution in [0.25, 0.3) is 0 Å². The van der Waals surface area contributed by atoms with Gasteiger partial charge in [-0.2, -0.15) is 0 Å². The average molecular weight is 299 g/mol. The molecule has 1 aromatic carbocycles. The fourth-order valence-electron chi connectivity index (χ4n) is 2.38. The molecule has 1 aromatic heterocycles. The minimum Gasteiger partial charge on any atom is -0.360 e.